The summed E-state index contributed by atoms with van der Waals surface area (Å²) in [7, 11) is 1.24. The minimum absolute atomic E-state index is 0.138. The zero-order valence-electron chi connectivity index (χ0n) is 10.7. The lowest BCUT2D eigenvalue weighted by Gasteiger charge is -2.07. The first kappa shape index (κ1) is 14.0. The smallest absolute Gasteiger partial charge is 0.334 e. The number of carbonyl (C=O) groups excluding carboxylic acids is 1. The quantitative estimate of drug-likeness (QED) is 0.656. The van der Waals surface area contributed by atoms with E-state index in [1.807, 2.05) is 32.0 Å². The second kappa shape index (κ2) is 6.00. The van der Waals surface area contributed by atoms with Crippen LogP contribution in [-0.2, 0) is 14.3 Å². The van der Waals surface area contributed by atoms with Gasteiger partial charge in [-0.15, -0.1) is 0 Å². The summed E-state index contributed by atoms with van der Waals surface area (Å²) in [5.41, 5.74) is 3.07. The van der Waals surface area contributed by atoms with Crippen LogP contribution in [0.2, 0.25) is 0 Å². The number of benzene rings is 1. The van der Waals surface area contributed by atoms with Crippen molar-refractivity contribution in [2.45, 2.75) is 20.3 Å². The highest BCUT2D eigenvalue weighted by Gasteiger charge is 2.14. The third-order valence-corrected chi connectivity index (χ3v) is 2.77. The minimum Gasteiger partial charge on any atom is -0.481 e. The van der Waals surface area contributed by atoms with Crippen molar-refractivity contribution in [1.82, 2.24) is 0 Å². The van der Waals surface area contributed by atoms with Gasteiger partial charge in [-0.05, 0) is 36.6 Å². The van der Waals surface area contributed by atoms with Gasteiger partial charge in [-0.2, -0.15) is 0 Å². The molecule has 0 spiro atoms. The van der Waals surface area contributed by atoms with E-state index in [-0.39, 0.29) is 12.0 Å². The lowest BCUT2D eigenvalue weighted by molar-refractivity contribution is -0.141. The van der Waals surface area contributed by atoms with Crippen molar-refractivity contribution >= 4 is 18.0 Å². The molecular weight excluding hydrogens is 232 g/mol. The molecule has 96 valence electrons. The van der Waals surface area contributed by atoms with Crippen molar-refractivity contribution in [3.8, 4) is 0 Å². The number of methoxy groups -OCH3 is 1. The number of carbonyl (C=O) groups is 2. The Kier molecular flexibility index (Phi) is 4.66. The molecule has 1 rings (SSSR count). The Balaban J connectivity index is 3.18. The van der Waals surface area contributed by atoms with Gasteiger partial charge in [0, 0.05) is 5.57 Å². The molecule has 0 saturated carbocycles. The van der Waals surface area contributed by atoms with E-state index in [1.165, 1.54) is 7.11 Å². The Labute approximate surface area is 106 Å². The third-order valence-electron chi connectivity index (χ3n) is 2.77. The van der Waals surface area contributed by atoms with Gasteiger partial charge in [0.25, 0.3) is 0 Å². The van der Waals surface area contributed by atoms with Crippen LogP contribution in [0.3, 0.4) is 0 Å². The predicted molar refractivity (Wildman–Crippen MR) is 68.2 cm³/mol. The fraction of sp³-hybridized carbons (Fsp3) is 0.286. The summed E-state index contributed by atoms with van der Waals surface area (Å²) in [6, 6.07) is 5.67. The topological polar surface area (TPSA) is 63.6 Å². The van der Waals surface area contributed by atoms with Gasteiger partial charge < -0.3 is 9.84 Å². The highest BCUT2D eigenvalue weighted by atomic mass is 16.5. The number of rotatable bonds is 4. The minimum atomic E-state index is -1.06. The molecule has 0 atom stereocenters. The van der Waals surface area contributed by atoms with Crippen molar-refractivity contribution < 1.29 is 19.4 Å². The molecule has 0 aromatic heterocycles. The molecule has 0 aliphatic carbocycles. The molecule has 18 heavy (non-hydrogen) atoms. The summed E-state index contributed by atoms with van der Waals surface area (Å²) in [6.45, 7) is 3.89. The van der Waals surface area contributed by atoms with Crippen LogP contribution >= 0.6 is 0 Å². The Morgan fingerprint density at radius 2 is 2.00 bits per heavy atom. The molecule has 0 radical (unpaired) electrons. The van der Waals surface area contributed by atoms with Crippen LogP contribution in [-0.4, -0.2) is 24.2 Å². The molecule has 0 aliphatic heterocycles. The van der Waals surface area contributed by atoms with Gasteiger partial charge in [0.15, 0.2) is 0 Å². The van der Waals surface area contributed by atoms with Crippen LogP contribution in [0.25, 0.3) is 6.08 Å². The van der Waals surface area contributed by atoms with E-state index in [1.54, 1.807) is 6.08 Å². The molecule has 1 aromatic rings. The summed E-state index contributed by atoms with van der Waals surface area (Å²) in [4.78, 5) is 22.2. The molecule has 0 bridgehead atoms. The molecule has 0 unspecified atom stereocenters. The van der Waals surface area contributed by atoms with Gasteiger partial charge in [-0.25, -0.2) is 4.79 Å². The summed E-state index contributed by atoms with van der Waals surface area (Å²) < 4.78 is 4.59. The standard InChI is InChI=1S/C14H16O4/c1-9-5-4-6-11(10(9)2)7-12(8-13(15)16)14(17)18-3/h4-7H,8H2,1-3H3,(H,15,16)/b12-7+. The monoisotopic (exact) mass is 248 g/mol. The Morgan fingerprint density at radius 3 is 2.56 bits per heavy atom. The maximum Gasteiger partial charge on any atom is 0.334 e. The Bertz CT molecular complexity index is 501. The first-order valence-corrected chi connectivity index (χ1v) is 5.52. The number of esters is 1. The van der Waals surface area contributed by atoms with Gasteiger partial charge in [0.05, 0.1) is 13.5 Å². The highest BCUT2D eigenvalue weighted by molar-refractivity contribution is 5.98. The molecular formula is C14H16O4. The van der Waals surface area contributed by atoms with E-state index in [4.69, 9.17) is 5.11 Å². The summed E-state index contributed by atoms with van der Waals surface area (Å²) in [6.07, 6.45) is 1.22. The van der Waals surface area contributed by atoms with Gasteiger partial charge >= 0.3 is 11.9 Å². The van der Waals surface area contributed by atoms with Gasteiger partial charge in [0.1, 0.15) is 0 Å². The number of hydrogen-bond donors (Lipinski definition) is 1. The zero-order valence-corrected chi connectivity index (χ0v) is 10.7. The average molecular weight is 248 g/mol. The van der Waals surface area contributed by atoms with Crippen LogP contribution in [0.1, 0.15) is 23.1 Å². The van der Waals surface area contributed by atoms with Crippen LogP contribution in [0.15, 0.2) is 23.8 Å². The normalized spacial score (nSPS) is 11.2. The van der Waals surface area contributed by atoms with Crippen molar-refractivity contribution in [3.63, 3.8) is 0 Å². The number of carboxylic acids is 1. The van der Waals surface area contributed by atoms with Crippen molar-refractivity contribution in [1.29, 1.82) is 0 Å². The SMILES string of the molecule is COC(=O)/C(=C/c1cccc(C)c1C)CC(=O)O. The molecule has 1 aromatic carbocycles. The maximum absolute atomic E-state index is 11.5. The first-order valence-electron chi connectivity index (χ1n) is 5.52. The van der Waals surface area contributed by atoms with E-state index in [9.17, 15) is 9.59 Å². The molecule has 0 heterocycles. The van der Waals surface area contributed by atoms with Gasteiger partial charge in [-0.1, -0.05) is 18.2 Å². The number of aryl methyl sites for hydroxylation is 1. The molecule has 0 aliphatic rings. The molecule has 4 nitrogen and oxygen atoms in total. The Morgan fingerprint density at radius 1 is 1.33 bits per heavy atom. The fourth-order valence-corrected chi connectivity index (χ4v) is 1.59. The third kappa shape index (κ3) is 3.45. The van der Waals surface area contributed by atoms with Gasteiger partial charge in [-0.3, -0.25) is 4.79 Å². The molecule has 4 heteroatoms. The summed E-state index contributed by atoms with van der Waals surface area (Å²) >= 11 is 0. The zero-order chi connectivity index (χ0) is 13.7. The van der Waals surface area contributed by atoms with Crippen molar-refractivity contribution in [2.24, 2.45) is 0 Å². The van der Waals surface area contributed by atoms with Gasteiger partial charge in [0.2, 0.25) is 0 Å². The number of hydrogen-bond acceptors (Lipinski definition) is 3. The molecule has 0 saturated heterocycles. The Hall–Kier alpha value is -2.10. The highest BCUT2D eigenvalue weighted by Crippen LogP contribution is 2.18. The second-order valence-corrected chi connectivity index (χ2v) is 4.02. The van der Waals surface area contributed by atoms with E-state index < -0.39 is 11.9 Å². The second-order valence-electron chi connectivity index (χ2n) is 4.02. The summed E-state index contributed by atoms with van der Waals surface area (Å²) in [5.74, 6) is -1.67. The van der Waals surface area contributed by atoms with Crippen molar-refractivity contribution in [3.05, 3.63) is 40.5 Å². The summed E-state index contributed by atoms with van der Waals surface area (Å²) in [5, 5.41) is 8.78. The van der Waals surface area contributed by atoms with E-state index in [2.05, 4.69) is 4.74 Å². The fourth-order valence-electron chi connectivity index (χ4n) is 1.59. The van der Waals surface area contributed by atoms with Crippen LogP contribution < -0.4 is 0 Å². The van der Waals surface area contributed by atoms with Crippen molar-refractivity contribution in [2.75, 3.05) is 7.11 Å². The van der Waals surface area contributed by atoms with E-state index in [0.717, 1.165) is 16.7 Å². The lowest BCUT2D eigenvalue weighted by atomic mass is 10.0. The van der Waals surface area contributed by atoms with Crippen LogP contribution in [0.5, 0.6) is 0 Å². The maximum atomic E-state index is 11.5. The number of aliphatic carboxylic acids is 1. The van der Waals surface area contributed by atoms with Crippen LogP contribution in [0.4, 0.5) is 0 Å². The number of carboxylic acid groups (broad SMARTS) is 1. The average Bonchev–Trinajstić information content (AvgIpc) is 2.32. The predicted octanol–water partition coefficient (Wildman–Crippen LogP) is 2.33. The molecule has 0 fully saturated rings. The first-order chi connectivity index (χ1) is 8.45. The number of ether oxygens (including phenoxy) is 1. The van der Waals surface area contributed by atoms with Crippen LogP contribution in [0, 0.1) is 13.8 Å². The van der Waals surface area contributed by atoms with E-state index >= 15 is 0 Å². The molecule has 0 amide bonds. The molecule has 1 N–H and O–H groups in total. The largest absolute Gasteiger partial charge is 0.481 e. The van der Waals surface area contributed by atoms with E-state index in [0.29, 0.717) is 0 Å². The lowest BCUT2D eigenvalue weighted by Crippen LogP contribution is -2.09.